The number of rotatable bonds is 4. The average Bonchev–Trinajstić information content (AvgIpc) is 3.19. The lowest BCUT2D eigenvalue weighted by molar-refractivity contribution is -0.115. The lowest BCUT2D eigenvalue weighted by Gasteiger charge is -2.08. The molecule has 0 unspecified atom stereocenters. The number of aromatic nitrogens is 3. The van der Waals surface area contributed by atoms with Gasteiger partial charge >= 0.3 is 0 Å². The summed E-state index contributed by atoms with van der Waals surface area (Å²) < 4.78 is 6.90. The van der Waals surface area contributed by atoms with Gasteiger partial charge in [-0.1, -0.05) is 35.0 Å². The van der Waals surface area contributed by atoms with E-state index in [0.29, 0.717) is 22.1 Å². The number of carbonyl (C=O) groups excluding carboxylic acids is 1. The molecule has 0 radical (unpaired) electrons. The van der Waals surface area contributed by atoms with Crippen LogP contribution in [0, 0.1) is 6.92 Å². The second-order valence-electron chi connectivity index (χ2n) is 5.91. The van der Waals surface area contributed by atoms with E-state index >= 15 is 0 Å². The summed E-state index contributed by atoms with van der Waals surface area (Å²) >= 11 is 6.06. The Hall–Kier alpha value is -3.12. The molecule has 130 valence electrons. The molecule has 0 bridgehead atoms. The fourth-order valence-electron chi connectivity index (χ4n) is 2.80. The van der Waals surface area contributed by atoms with E-state index in [1.54, 1.807) is 22.9 Å². The fourth-order valence-corrected chi connectivity index (χ4v) is 2.98. The fraction of sp³-hybridized carbons (Fsp3) is 0.105. The molecule has 6 nitrogen and oxygen atoms in total. The van der Waals surface area contributed by atoms with Gasteiger partial charge in [0.15, 0.2) is 5.58 Å². The van der Waals surface area contributed by atoms with Crippen LogP contribution in [0.2, 0.25) is 5.02 Å². The molecule has 0 spiro atoms. The summed E-state index contributed by atoms with van der Waals surface area (Å²) in [6, 6.07) is 16.5. The topological polar surface area (TPSA) is 73.0 Å². The maximum Gasteiger partial charge on any atom is 0.231 e. The first kappa shape index (κ1) is 16.4. The van der Waals surface area contributed by atoms with Crippen molar-refractivity contribution < 1.29 is 9.32 Å². The Kier molecular flexibility index (Phi) is 4.18. The average molecular weight is 367 g/mol. The standard InChI is InChI=1S/C19H15ClN4O2/c1-12-9-18(24(22-12)14-6-4-5-13(20)10-14)21-19(25)11-16-15-7-2-3-8-17(15)26-23-16/h2-10H,11H2,1H3,(H,21,25). The first-order valence-corrected chi connectivity index (χ1v) is 8.44. The van der Waals surface area contributed by atoms with Crippen molar-refractivity contribution in [2.75, 3.05) is 5.32 Å². The summed E-state index contributed by atoms with van der Waals surface area (Å²) in [7, 11) is 0. The Morgan fingerprint density at radius 2 is 2.04 bits per heavy atom. The highest BCUT2D eigenvalue weighted by molar-refractivity contribution is 6.30. The molecule has 4 rings (SSSR count). The molecule has 26 heavy (non-hydrogen) atoms. The van der Waals surface area contributed by atoms with Gasteiger partial charge in [-0.2, -0.15) is 5.10 Å². The first-order valence-electron chi connectivity index (χ1n) is 8.06. The Bertz CT molecular complexity index is 1100. The summed E-state index contributed by atoms with van der Waals surface area (Å²) in [5.41, 5.74) is 2.82. The Labute approximate surface area is 154 Å². The van der Waals surface area contributed by atoms with Gasteiger partial charge in [-0.3, -0.25) is 4.79 Å². The van der Waals surface area contributed by atoms with Gasteiger partial charge in [-0.05, 0) is 37.3 Å². The van der Waals surface area contributed by atoms with E-state index in [4.69, 9.17) is 16.1 Å². The molecule has 0 aliphatic carbocycles. The number of aryl methyl sites for hydroxylation is 1. The summed E-state index contributed by atoms with van der Waals surface area (Å²) in [6.45, 7) is 1.86. The van der Waals surface area contributed by atoms with Gasteiger partial charge < -0.3 is 9.84 Å². The van der Waals surface area contributed by atoms with Crippen LogP contribution >= 0.6 is 11.6 Å². The molecule has 0 saturated heterocycles. The Morgan fingerprint density at radius 1 is 1.19 bits per heavy atom. The highest BCUT2D eigenvalue weighted by Gasteiger charge is 2.15. The zero-order valence-electron chi connectivity index (χ0n) is 13.9. The van der Waals surface area contributed by atoms with Crippen LogP contribution in [0.25, 0.3) is 16.7 Å². The number of nitrogens with one attached hydrogen (secondary N) is 1. The number of anilines is 1. The summed E-state index contributed by atoms with van der Waals surface area (Å²) in [5.74, 6) is 0.370. The molecule has 0 aliphatic heterocycles. The molecule has 4 aromatic rings. The van der Waals surface area contributed by atoms with Gasteiger partial charge in [-0.25, -0.2) is 4.68 Å². The lowest BCUT2D eigenvalue weighted by Crippen LogP contribution is -2.17. The molecule has 0 fully saturated rings. The van der Waals surface area contributed by atoms with Gasteiger partial charge in [0.25, 0.3) is 0 Å². The summed E-state index contributed by atoms with van der Waals surface area (Å²) in [4.78, 5) is 12.5. The van der Waals surface area contributed by atoms with E-state index in [9.17, 15) is 4.79 Å². The number of halogens is 1. The molecule has 0 saturated carbocycles. The van der Waals surface area contributed by atoms with Crippen LogP contribution in [0.4, 0.5) is 5.82 Å². The van der Waals surface area contributed by atoms with E-state index in [0.717, 1.165) is 16.8 Å². The third-order valence-electron chi connectivity index (χ3n) is 3.93. The molecular formula is C19H15ClN4O2. The number of amides is 1. The minimum Gasteiger partial charge on any atom is -0.356 e. The molecule has 1 amide bonds. The molecule has 7 heteroatoms. The second kappa shape index (κ2) is 6.65. The smallest absolute Gasteiger partial charge is 0.231 e. The SMILES string of the molecule is Cc1cc(NC(=O)Cc2noc3ccccc23)n(-c2cccc(Cl)c2)n1. The number of nitrogens with zero attached hydrogens (tertiary/aromatic N) is 3. The van der Waals surface area contributed by atoms with Crippen LogP contribution in [0.5, 0.6) is 0 Å². The minimum absolute atomic E-state index is 0.108. The molecule has 0 atom stereocenters. The monoisotopic (exact) mass is 366 g/mol. The van der Waals surface area contributed by atoms with Crippen LogP contribution in [-0.4, -0.2) is 20.8 Å². The van der Waals surface area contributed by atoms with Gasteiger partial charge in [0.2, 0.25) is 5.91 Å². The highest BCUT2D eigenvalue weighted by atomic mass is 35.5. The molecule has 2 aromatic heterocycles. The van der Waals surface area contributed by atoms with Crippen LogP contribution in [0.15, 0.2) is 59.1 Å². The maximum atomic E-state index is 12.5. The van der Waals surface area contributed by atoms with Crippen molar-refractivity contribution in [3.8, 4) is 5.69 Å². The largest absolute Gasteiger partial charge is 0.356 e. The van der Waals surface area contributed by atoms with Crippen molar-refractivity contribution >= 4 is 34.3 Å². The van der Waals surface area contributed by atoms with E-state index in [-0.39, 0.29) is 12.3 Å². The van der Waals surface area contributed by atoms with Gasteiger partial charge in [-0.15, -0.1) is 0 Å². The number of para-hydroxylation sites is 1. The second-order valence-corrected chi connectivity index (χ2v) is 6.35. The zero-order chi connectivity index (χ0) is 18.1. The molecule has 0 aliphatic rings. The third-order valence-corrected chi connectivity index (χ3v) is 4.17. The summed E-state index contributed by atoms with van der Waals surface area (Å²) in [6.07, 6.45) is 0.108. The normalized spacial score (nSPS) is 11.0. The summed E-state index contributed by atoms with van der Waals surface area (Å²) in [5, 5.41) is 12.8. The molecule has 2 aromatic carbocycles. The van der Waals surface area contributed by atoms with Gasteiger partial charge in [0.1, 0.15) is 11.5 Å². The lowest BCUT2D eigenvalue weighted by atomic mass is 10.1. The van der Waals surface area contributed by atoms with Crippen molar-refractivity contribution in [1.82, 2.24) is 14.9 Å². The third kappa shape index (κ3) is 3.19. The predicted octanol–water partition coefficient (Wildman–Crippen LogP) is 4.16. The Morgan fingerprint density at radius 3 is 2.88 bits per heavy atom. The van der Waals surface area contributed by atoms with Crippen molar-refractivity contribution in [2.24, 2.45) is 0 Å². The van der Waals surface area contributed by atoms with Crippen LogP contribution < -0.4 is 5.32 Å². The van der Waals surface area contributed by atoms with Gasteiger partial charge in [0, 0.05) is 16.5 Å². The van der Waals surface area contributed by atoms with Crippen molar-refractivity contribution in [3.05, 3.63) is 71.0 Å². The first-order chi connectivity index (χ1) is 12.6. The van der Waals surface area contributed by atoms with Crippen molar-refractivity contribution in [2.45, 2.75) is 13.3 Å². The van der Waals surface area contributed by atoms with Crippen molar-refractivity contribution in [1.29, 1.82) is 0 Å². The molecule has 1 N–H and O–H groups in total. The minimum atomic E-state index is -0.202. The Balaban J connectivity index is 1.58. The molecular weight excluding hydrogens is 352 g/mol. The van der Waals surface area contributed by atoms with E-state index in [2.05, 4.69) is 15.6 Å². The predicted molar refractivity (Wildman–Crippen MR) is 99.7 cm³/mol. The highest BCUT2D eigenvalue weighted by Crippen LogP contribution is 2.21. The van der Waals surface area contributed by atoms with Crippen LogP contribution in [-0.2, 0) is 11.2 Å². The van der Waals surface area contributed by atoms with Crippen LogP contribution in [0.3, 0.4) is 0 Å². The zero-order valence-corrected chi connectivity index (χ0v) is 14.7. The number of carbonyl (C=O) groups is 1. The number of benzene rings is 2. The molecule has 2 heterocycles. The van der Waals surface area contributed by atoms with E-state index < -0.39 is 0 Å². The maximum absolute atomic E-state index is 12.5. The number of hydrogen-bond acceptors (Lipinski definition) is 4. The van der Waals surface area contributed by atoms with Gasteiger partial charge in [0.05, 0.1) is 17.8 Å². The number of hydrogen-bond donors (Lipinski definition) is 1. The van der Waals surface area contributed by atoms with E-state index in [1.807, 2.05) is 43.3 Å². The quantitative estimate of drug-likeness (QED) is 0.588. The van der Waals surface area contributed by atoms with Crippen molar-refractivity contribution in [3.63, 3.8) is 0 Å². The van der Waals surface area contributed by atoms with Crippen LogP contribution in [0.1, 0.15) is 11.4 Å². The number of fused-ring (bicyclic) bond motifs is 1. The van der Waals surface area contributed by atoms with E-state index in [1.165, 1.54) is 0 Å².